The molecular formula is C11H12ClF3N2. The molecule has 1 fully saturated rings. The molecule has 0 bridgehead atoms. The standard InChI is InChI=1S/C11H12ClF3N2/c12-5-8-1-4-10(16-6-8)17(9-2-3-9)7-11(13,14)15/h1,4,6,9H,2-3,5,7H2. The maximum atomic E-state index is 12.4. The minimum absolute atomic E-state index is 0.0222. The molecule has 2 rings (SSSR count). The lowest BCUT2D eigenvalue weighted by atomic mass is 10.3. The van der Waals surface area contributed by atoms with Crippen molar-refractivity contribution in [1.29, 1.82) is 0 Å². The molecule has 0 amide bonds. The first kappa shape index (κ1) is 12.5. The van der Waals surface area contributed by atoms with E-state index in [4.69, 9.17) is 11.6 Å². The Morgan fingerprint density at radius 2 is 2.06 bits per heavy atom. The van der Waals surface area contributed by atoms with Crippen molar-refractivity contribution in [2.24, 2.45) is 0 Å². The van der Waals surface area contributed by atoms with Crippen LogP contribution in [0.25, 0.3) is 0 Å². The summed E-state index contributed by atoms with van der Waals surface area (Å²) in [5, 5.41) is 0. The molecule has 1 aromatic rings. The van der Waals surface area contributed by atoms with E-state index in [0.29, 0.717) is 11.7 Å². The fourth-order valence-corrected chi connectivity index (χ4v) is 1.80. The Morgan fingerprint density at radius 1 is 1.35 bits per heavy atom. The van der Waals surface area contributed by atoms with Crippen LogP contribution < -0.4 is 4.90 Å². The number of halogens is 4. The first-order chi connectivity index (χ1) is 7.99. The number of rotatable bonds is 4. The van der Waals surface area contributed by atoms with Gasteiger partial charge in [0, 0.05) is 18.1 Å². The van der Waals surface area contributed by atoms with Gasteiger partial charge in [0.1, 0.15) is 12.4 Å². The molecule has 1 saturated carbocycles. The topological polar surface area (TPSA) is 16.1 Å². The van der Waals surface area contributed by atoms with Gasteiger partial charge in [-0.15, -0.1) is 11.6 Å². The van der Waals surface area contributed by atoms with E-state index in [2.05, 4.69) is 4.98 Å². The molecule has 1 aliphatic rings. The van der Waals surface area contributed by atoms with Crippen LogP contribution in [0.5, 0.6) is 0 Å². The normalized spacial score (nSPS) is 16.0. The van der Waals surface area contributed by atoms with Crippen LogP contribution in [0.1, 0.15) is 18.4 Å². The van der Waals surface area contributed by atoms with Crippen LogP contribution in [0.4, 0.5) is 19.0 Å². The molecule has 2 nitrogen and oxygen atoms in total. The largest absolute Gasteiger partial charge is 0.405 e. The maximum Gasteiger partial charge on any atom is 0.405 e. The highest BCUT2D eigenvalue weighted by Crippen LogP contribution is 2.33. The third-order valence-electron chi connectivity index (χ3n) is 2.59. The fraction of sp³-hybridized carbons (Fsp3) is 0.545. The van der Waals surface area contributed by atoms with Crippen LogP contribution in [0.3, 0.4) is 0 Å². The zero-order valence-electron chi connectivity index (χ0n) is 9.04. The predicted molar refractivity (Wildman–Crippen MR) is 60.2 cm³/mol. The van der Waals surface area contributed by atoms with Crippen LogP contribution in [0, 0.1) is 0 Å². The average molecular weight is 265 g/mol. The van der Waals surface area contributed by atoms with Crippen molar-refractivity contribution in [3.63, 3.8) is 0 Å². The van der Waals surface area contributed by atoms with Crippen molar-refractivity contribution in [3.8, 4) is 0 Å². The second kappa shape index (κ2) is 4.72. The number of nitrogens with zero attached hydrogens (tertiary/aromatic N) is 2. The van der Waals surface area contributed by atoms with Gasteiger partial charge in [-0.1, -0.05) is 6.07 Å². The van der Waals surface area contributed by atoms with E-state index in [1.807, 2.05) is 0 Å². The van der Waals surface area contributed by atoms with Gasteiger partial charge in [-0.3, -0.25) is 0 Å². The Labute approximate surface area is 102 Å². The highest BCUT2D eigenvalue weighted by Gasteiger charge is 2.38. The fourth-order valence-electron chi connectivity index (χ4n) is 1.64. The molecular weight excluding hydrogens is 253 g/mol. The molecule has 6 heteroatoms. The molecule has 1 aliphatic carbocycles. The monoisotopic (exact) mass is 264 g/mol. The van der Waals surface area contributed by atoms with Crippen LogP contribution in [0.15, 0.2) is 18.3 Å². The zero-order valence-corrected chi connectivity index (χ0v) is 9.80. The lowest BCUT2D eigenvalue weighted by molar-refractivity contribution is -0.120. The van der Waals surface area contributed by atoms with E-state index in [-0.39, 0.29) is 6.04 Å². The SMILES string of the molecule is FC(F)(F)CN(c1ccc(CCl)cn1)C1CC1. The Bertz CT molecular complexity index is 373. The summed E-state index contributed by atoms with van der Waals surface area (Å²) in [6.07, 6.45) is -1.08. The number of anilines is 1. The Morgan fingerprint density at radius 3 is 2.47 bits per heavy atom. The van der Waals surface area contributed by atoms with Gasteiger partial charge in [0.25, 0.3) is 0 Å². The predicted octanol–water partition coefficient (Wildman–Crippen LogP) is 3.35. The molecule has 17 heavy (non-hydrogen) atoms. The van der Waals surface area contributed by atoms with Gasteiger partial charge in [-0.2, -0.15) is 13.2 Å². The van der Waals surface area contributed by atoms with Gasteiger partial charge in [0.15, 0.2) is 0 Å². The minimum Gasteiger partial charge on any atom is -0.345 e. The van der Waals surface area contributed by atoms with Crippen molar-refractivity contribution in [2.45, 2.75) is 30.9 Å². The third-order valence-corrected chi connectivity index (χ3v) is 2.90. The Hall–Kier alpha value is -0.970. The molecule has 1 aromatic heterocycles. The van der Waals surface area contributed by atoms with Crippen molar-refractivity contribution in [1.82, 2.24) is 4.98 Å². The van der Waals surface area contributed by atoms with Gasteiger partial charge in [0.05, 0.1) is 0 Å². The molecule has 0 spiro atoms. The molecule has 0 radical (unpaired) electrons. The summed E-state index contributed by atoms with van der Waals surface area (Å²) in [7, 11) is 0. The molecule has 1 heterocycles. The molecule has 0 saturated heterocycles. The van der Waals surface area contributed by atoms with Gasteiger partial charge < -0.3 is 4.90 Å². The van der Waals surface area contributed by atoms with E-state index in [1.54, 1.807) is 12.1 Å². The van der Waals surface area contributed by atoms with Gasteiger partial charge in [-0.25, -0.2) is 4.98 Å². The van der Waals surface area contributed by atoms with Gasteiger partial charge >= 0.3 is 6.18 Å². The van der Waals surface area contributed by atoms with Crippen LogP contribution >= 0.6 is 11.6 Å². The van der Waals surface area contributed by atoms with Crippen molar-refractivity contribution >= 4 is 17.4 Å². The molecule has 0 atom stereocenters. The highest BCUT2D eigenvalue weighted by molar-refractivity contribution is 6.17. The van der Waals surface area contributed by atoms with Crippen LogP contribution in [-0.2, 0) is 5.88 Å². The smallest absolute Gasteiger partial charge is 0.345 e. The lowest BCUT2D eigenvalue weighted by Gasteiger charge is -2.24. The van der Waals surface area contributed by atoms with Gasteiger partial charge in [-0.05, 0) is 24.5 Å². The molecule has 94 valence electrons. The number of aromatic nitrogens is 1. The van der Waals surface area contributed by atoms with E-state index < -0.39 is 12.7 Å². The van der Waals surface area contributed by atoms with E-state index in [9.17, 15) is 13.2 Å². The third kappa shape index (κ3) is 3.49. The summed E-state index contributed by atoms with van der Waals surface area (Å²) in [6, 6.07) is 3.29. The maximum absolute atomic E-state index is 12.4. The number of hydrogen-bond donors (Lipinski definition) is 0. The molecule has 0 aromatic carbocycles. The van der Waals surface area contributed by atoms with Crippen molar-refractivity contribution < 1.29 is 13.2 Å². The summed E-state index contributed by atoms with van der Waals surface area (Å²) in [5.41, 5.74) is 0.804. The Balaban J connectivity index is 2.14. The summed E-state index contributed by atoms with van der Waals surface area (Å²) < 4.78 is 37.3. The Kier molecular flexibility index (Phi) is 3.47. The zero-order chi connectivity index (χ0) is 12.5. The van der Waals surface area contributed by atoms with E-state index in [1.165, 1.54) is 11.1 Å². The van der Waals surface area contributed by atoms with Crippen LogP contribution in [-0.4, -0.2) is 23.7 Å². The summed E-state index contributed by atoms with van der Waals surface area (Å²) in [5.74, 6) is 0.689. The van der Waals surface area contributed by atoms with Crippen molar-refractivity contribution in [2.75, 3.05) is 11.4 Å². The first-order valence-electron chi connectivity index (χ1n) is 5.34. The van der Waals surface area contributed by atoms with Crippen molar-refractivity contribution in [3.05, 3.63) is 23.9 Å². The first-order valence-corrected chi connectivity index (χ1v) is 5.87. The quantitative estimate of drug-likeness (QED) is 0.776. The average Bonchev–Trinajstić information content (AvgIpc) is 3.09. The summed E-state index contributed by atoms with van der Waals surface area (Å²) in [6.45, 7) is -0.940. The second-order valence-electron chi connectivity index (χ2n) is 4.13. The summed E-state index contributed by atoms with van der Waals surface area (Å²) in [4.78, 5) is 5.35. The minimum atomic E-state index is -4.20. The summed E-state index contributed by atoms with van der Waals surface area (Å²) >= 11 is 5.61. The number of alkyl halides is 4. The number of hydrogen-bond acceptors (Lipinski definition) is 2. The molecule has 0 aliphatic heterocycles. The van der Waals surface area contributed by atoms with Gasteiger partial charge in [0.2, 0.25) is 0 Å². The second-order valence-corrected chi connectivity index (χ2v) is 4.40. The molecule has 0 N–H and O–H groups in total. The van der Waals surface area contributed by atoms with E-state index in [0.717, 1.165) is 18.4 Å². The molecule has 0 unspecified atom stereocenters. The van der Waals surface area contributed by atoms with Crippen LogP contribution in [0.2, 0.25) is 0 Å². The van der Waals surface area contributed by atoms with E-state index >= 15 is 0 Å². The lowest BCUT2D eigenvalue weighted by Crippen LogP contribution is -2.36. The highest BCUT2D eigenvalue weighted by atomic mass is 35.5. The number of pyridine rings is 1.